The lowest BCUT2D eigenvalue weighted by Crippen LogP contribution is -2.50. The van der Waals surface area contributed by atoms with E-state index in [4.69, 9.17) is 0 Å². The molecule has 1 saturated heterocycles. The molecule has 0 spiro atoms. The molecule has 0 unspecified atom stereocenters. The van der Waals surface area contributed by atoms with Gasteiger partial charge >= 0.3 is 0 Å². The molecule has 0 atom stereocenters. The molecule has 0 aliphatic carbocycles. The number of carbonyl (C=O) groups is 1. The third kappa shape index (κ3) is 5.10. The maximum absolute atomic E-state index is 14.0. The van der Waals surface area contributed by atoms with Crippen molar-refractivity contribution in [1.82, 2.24) is 9.62 Å². The van der Waals surface area contributed by atoms with E-state index in [1.165, 1.54) is 22.5 Å². The van der Waals surface area contributed by atoms with Gasteiger partial charge in [-0.15, -0.1) is 0 Å². The second kappa shape index (κ2) is 9.40. The Bertz CT molecular complexity index is 1030. The lowest BCUT2D eigenvalue weighted by Gasteiger charge is -2.42. The summed E-state index contributed by atoms with van der Waals surface area (Å²) in [6.45, 7) is 2.20. The largest absolute Gasteiger partial charge is 0.351 e. The average molecular weight is 455 g/mol. The molecule has 1 fully saturated rings. The number of benzene rings is 2. The van der Waals surface area contributed by atoms with Crippen LogP contribution >= 0.6 is 0 Å². The number of piperidine rings is 1. The molecule has 2 aromatic rings. The van der Waals surface area contributed by atoms with Gasteiger partial charge in [-0.1, -0.05) is 25.1 Å². The third-order valence-electron chi connectivity index (χ3n) is 5.75. The van der Waals surface area contributed by atoms with Crippen molar-refractivity contribution in [2.75, 3.05) is 25.4 Å². The second-order valence-electron chi connectivity index (χ2n) is 7.79. The lowest BCUT2D eigenvalue weighted by molar-refractivity contribution is 0.0924. The van der Waals surface area contributed by atoms with Gasteiger partial charge in [-0.2, -0.15) is 0 Å². The van der Waals surface area contributed by atoms with Crippen molar-refractivity contribution in [2.45, 2.75) is 31.6 Å². The fourth-order valence-electron chi connectivity index (χ4n) is 4.02. The number of hydrogen-bond acceptors (Lipinski definition) is 3. The molecule has 0 aromatic heterocycles. The van der Waals surface area contributed by atoms with E-state index in [1.54, 1.807) is 19.1 Å². The summed E-state index contributed by atoms with van der Waals surface area (Å²) in [5.74, 6) is -3.27. The van der Waals surface area contributed by atoms with Crippen molar-refractivity contribution in [1.29, 1.82) is 0 Å². The summed E-state index contributed by atoms with van der Waals surface area (Å²) in [5.41, 5.74) is -0.841. The SMILES string of the molecule is CCCS(=O)(=O)N1CCC(CNC(=O)c2c(F)cccc2F)(c2cccc(F)c2)CC1. The molecule has 2 aromatic carbocycles. The molecule has 5 nitrogen and oxygen atoms in total. The van der Waals surface area contributed by atoms with Gasteiger partial charge in [-0.25, -0.2) is 25.9 Å². The Labute approximate surface area is 180 Å². The van der Waals surface area contributed by atoms with E-state index in [0.29, 0.717) is 24.8 Å². The van der Waals surface area contributed by atoms with Crippen molar-refractivity contribution in [3.05, 3.63) is 71.0 Å². The highest BCUT2D eigenvalue weighted by Crippen LogP contribution is 2.36. The number of halogens is 3. The van der Waals surface area contributed by atoms with Crippen LogP contribution in [0, 0.1) is 17.5 Å². The van der Waals surface area contributed by atoms with Gasteiger partial charge in [0.2, 0.25) is 10.0 Å². The zero-order valence-corrected chi connectivity index (χ0v) is 18.0. The number of rotatable bonds is 7. The lowest BCUT2D eigenvalue weighted by atomic mass is 9.73. The van der Waals surface area contributed by atoms with Gasteiger partial charge in [0.1, 0.15) is 23.0 Å². The van der Waals surface area contributed by atoms with E-state index < -0.39 is 44.4 Å². The summed E-state index contributed by atoms with van der Waals surface area (Å²) >= 11 is 0. The van der Waals surface area contributed by atoms with E-state index in [0.717, 1.165) is 12.1 Å². The minimum Gasteiger partial charge on any atom is -0.351 e. The summed E-state index contributed by atoms with van der Waals surface area (Å²) in [4.78, 5) is 12.5. The summed E-state index contributed by atoms with van der Waals surface area (Å²) in [7, 11) is -3.39. The standard InChI is InChI=1S/C22H25F3N2O3S/c1-2-13-31(29,30)27-11-9-22(10-12-27,16-5-3-6-17(23)14-16)15-26-21(28)20-18(24)7-4-8-19(20)25/h3-8,14H,2,9-13,15H2,1H3,(H,26,28). The van der Waals surface area contributed by atoms with E-state index in [2.05, 4.69) is 5.32 Å². The Hall–Kier alpha value is -2.39. The zero-order valence-electron chi connectivity index (χ0n) is 17.2. The summed E-state index contributed by atoms with van der Waals surface area (Å²) < 4.78 is 68.1. The van der Waals surface area contributed by atoms with Crippen LogP contribution < -0.4 is 5.32 Å². The minimum atomic E-state index is -3.39. The number of hydrogen-bond donors (Lipinski definition) is 1. The minimum absolute atomic E-state index is 0.00920. The van der Waals surface area contributed by atoms with Gasteiger partial charge < -0.3 is 5.32 Å². The van der Waals surface area contributed by atoms with Crippen molar-refractivity contribution in [3.8, 4) is 0 Å². The van der Waals surface area contributed by atoms with Gasteiger partial charge in [-0.3, -0.25) is 4.79 Å². The second-order valence-corrected chi connectivity index (χ2v) is 9.87. The van der Waals surface area contributed by atoms with Crippen LogP contribution in [0.1, 0.15) is 42.1 Å². The van der Waals surface area contributed by atoms with Gasteiger partial charge in [0.15, 0.2) is 0 Å². The third-order valence-corrected chi connectivity index (χ3v) is 7.83. The first-order chi connectivity index (χ1) is 14.7. The van der Waals surface area contributed by atoms with E-state index in [1.807, 2.05) is 0 Å². The van der Waals surface area contributed by atoms with Crippen LogP contribution in [0.4, 0.5) is 13.2 Å². The highest BCUT2D eigenvalue weighted by atomic mass is 32.2. The van der Waals surface area contributed by atoms with Crippen LogP contribution in [0.3, 0.4) is 0 Å². The van der Waals surface area contributed by atoms with Crippen LogP contribution in [-0.4, -0.2) is 44.0 Å². The molecule has 168 valence electrons. The molecule has 1 heterocycles. The fourth-order valence-corrected chi connectivity index (χ4v) is 5.53. The smallest absolute Gasteiger partial charge is 0.257 e. The predicted octanol–water partition coefficient (Wildman–Crippen LogP) is 3.61. The Morgan fingerprint density at radius 2 is 1.68 bits per heavy atom. The average Bonchev–Trinajstić information content (AvgIpc) is 2.72. The Morgan fingerprint density at radius 3 is 2.26 bits per heavy atom. The molecule has 9 heteroatoms. The van der Waals surface area contributed by atoms with Gasteiger partial charge in [0, 0.05) is 25.0 Å². The van der Waals surface area contributed by atoms with Crippen molar-refractivity contribution in [3.63, 3.8) is 0 Å². The predicted molar refractivity (Wildman–Crippen MR) is 112 cm³/mol. The zero-order chi connectivity index (χ0) is 22.6. The van der Waals surface area contributed by atoms with E-state index in [9.17, 15) is 26.4 Å². The Morgan fingerprint density at radius 1 is 1.06 bits per heavy atom. The number of nitrogens with zero attached hydrogens (tertiary/aromatic N) is 1. The van der Waals surface area contributed by atoms with E-state index >= 15 is 0 Å². The maximum Gasteiger partial charge on any atom is 0.257 e. The van der Waals surface area contributed by atoms with Crippen molar-refractivity contribution < 1.29 is 26.4 Å². The quantitative estimate of drug-likeness (QED) is 0.695. The Balaban J connectivity index is 1.84. The highest BCUT2D eigenvalue weighted by Gasteiger charge is 2.40. The van der Waals surface area contributed by atoms with Gasteiger partial charge in [0.05, 0.1) is 5.75 Å². The topological polar surface area (TPSA) is 66.5 Å². The van der Waals surface area contributed by atoms with Crippen LogP contribution in [-0.2, 0) is 15.4 Å². The highest BCUT2D eigenvalue weighted by molar-refractivity contribution is 7.89. The molecule has 0 bridgehead atoms. The van der Waals surface area contributed by atoms with Crippen molar-refractivity contribution in [2.24, 2.45) is 0 Å². The molecular weight excluding hydrogens is 429 g/mol. The van der Waals surface area contributed by atoms with Crippen LogP contribution in [0.5, 0.6) is 0 Å². The molecule has 1 amide bonds. The Kier molecular flexibility index (Phi) is 7.06. The number of nitrogens with one attached hydrogen (secondary N) is 1. The van der Waals surface area contributed by atoms with Crippen LogP contribution in [0.15, 0.2) is 42.5 Å². The number of carbonyl (C=O) groups excluding carboxylic acids is 1. The molecule has 1 aliphatic rings. The first-order valence-corrected chi connectivity index (χ1v) is 11.8. The molecule has 1 N–H and O–H groups in total. The fraction of sp³-hybridized carbons (Fsp3) is 0.409. The first kappa shape index (κ1) is 23.3. The van der Waals surface area contributed by atoms with Crippen LogP contribution in [0.2, 0.25) is 0 Å². The van der Waals surface area contributed by atoms with Crippen LogP contribution in [0.25, 0.3) is 0 Å². The molecular formula is C22H25F3N2O3S. The number of amides is 1. The first-order valence-electron chi connectivity index (χ1n) is 10.1. The summed E-state index contributed by atoms with van der Waals surface area (Å²) in [6, 6.07) is 9.08. The molecule has 0 radical (unpaired) electrons. The molecule has 0 saturated carbocycles. The van der Waals surface area contributed by atoms with E-state index in [-0.39, 0.29) is 25.4 Å². The molecule has 31 heavy (non-hydrogen) atoms. The monoisotopic (exact) mass is 454 g/mol. The molecule has 3 rings (SSSR count). The summed E-state index contributed by atoms with van der Waals surface area (Å²) in [6.07, 6.45) is 1.16. The normalized spacial score (nSPS) is 16.8. The molecule has 1 aliphatic heterocycles. The van der Waals surface area contributed by atoms with Crippen molar-refractivity contribution >= 4 is 15.9 Å². The summed E-state index contributed by atoms with van der Waals surface area (Å²) in [5, 5.41) is 2.58. The van der Waals surface area contributed by atoms with Gasteiger partial charge in [0.25, 0.3) is 5.91 Å². The van der Waals surface area contributed by atoms with Gasteiger partial charge in [-0.05, 0) is 49.1 Å². The number of sulfonamides is 1. The maximum atomic E-state index is 14.0.